The zero-order valence-corrected chi connectivity index (χ0v) is 10.4. The number of pyridine rings is 1. The fourth-order valence-electron chi connectivity index (χ4n) is 1.37. The Hall–Kier alpha value is -1.76. The summed E-state index contributed by atoms with van der Waals surface area (Å²) in [5.74, 6) is -3.08. The molecule has 3 nitrogen and oxygen atoms in total. The van der Waals surface area contributed by atoms with Gasteiger partial charge in [-0.05, 0) is 15.9 Å². The molecule has 3 N–H and O–H groups in total. The number of nitrogens with two attached hydrogens (primary N) is 1. The van der Waals surface area contributed by atoms with Crippen molar-refractivity contribution < 1.29 is 13.2 Å². The average molecular weight is 318 g/mol. The lowest BCUT2D eigenvalue weighted by Gasteiger charge is -2.12. The van der Waals surface area contributed by atoms with Crippen LogP contribution in [0.3, 0.4) is 0 Å². The molecule has 94 valence electrons. The van der Waals surface area contributed by atoms with E-state index in [4.69, 9.17) is 5.73 Å². The van der Waals surface area contributed by atoms with E-state index >= 15 is 0 Å². The molecule has 18 heavy (non-hydrogen) atoms. The molecule has 0 aliphatic carbocycles. The highest BCUT2D eigenvalue weighted by atomic mass is 79.9. The van der Waals surface area contributed by atoms with E-state index in [1.807, 2.05) is 0 Å². The Morgan fingerprint density at radius 1 is 1.06 bits per heavy atom. The van der Waals surface area contributed by atoms with E-state index in [2.05, 4.69) is 26.2 Å². The maximum atomic E-state index is 13.4. The predicted molar refractivity (Wildman–Crippen MR) is 65.9 cm³/mol. The molecule has 0 amide bonds. The number of anilines is 3. The van der Waals surface area contributed by atoms with Gasteiger partial charge in [-0.1, -0.05) is 0 Å². The van der Waals surface area contributed by atoms with E-state index in [9.17, 15) is 13.2 Å². The van der Waals surface area contributed by atoms with E-state index in [-0.39, 0.29) is 11.4 Å². The minimum Gasteiger partial charge on any atom is -0.396 e. The van der Waals surface area contributed by atoms with Gasteiger partial charge in [0.25, 0.3) is 0 Å². The smallest absolute Gasteiger partial charge is 0.152 e. The number of hydrogen-bond donors (Lipinski definition) is 2. The number of nitrogen functional groups attached to an aromatic ring is 1. The summed E-state index contributed by atoms with van der Waals surface area (Å²) in [6.07, 6.45) is 2.74. The molecular formula is C11H7BrF3N3. The van der Waals surface area contributed by atoms with Gasteiger partial charge in [-0.15, -0.1) is 0 Å². The van der Waals surface area contributed by atoms with E-state index in [1.54, 1.807) is 0 Å². The first-order valence-electron chi connectivity index (χ1n) is 4.79. The third-order valence-electron chi connectivity index (χ3n) is 2.19. The van der Waals surface area contributed by atoms with Gasteiger partial charge in [-0.3, -0.25) is 4.98 Å². The van der Waals surface area contributed by atoms with Crippen LogP contribution in [0.15, 0.2) is 29.0 Å². The number of halogens is 4. The monoisotopic (exact) mass is 317 g/mol. The first-order chi connectivity index (χ1) is 8.49. The highest BCUT2D eigenvalue weighted by Gasteiger charge is 2.14. The standard InChI is InChI=1S/C11H7BrF3N3/c12-6-3-17-4-9(16)10(6)18-11-7(14)1-5(13)2-8(11)15/h1-4H,16H2,(H,17,18). The zero-order valence-electron chi connectivity index (χ0n) is 8.85. The summed E-state index contributed by atoms with van der Waals surface area (Å²) in [7, 11) is 0. The molecule has 2 aromatic rings. The lowest BCUT2D eigenvalue weighted by molar-refractivity contribution is 0.549. The van der Waals surface area contributed by atoms with Gasteiger partial charge in [0.15, 0.2) is 11.6 Å². The van der Waals surface area contributed by atoms with E-state index in [0.29, 0.717) is 16.6 Å². The number of benzene rings is 1. The molecule has 0 fully saturated rings. The van der Waals surface area contributed by atoms with Crippen molar-refractivity contribution in [1.29, 1.82) is 0 Å². The molecule has 0 aliphatic rings. The fourth-order valence-corrected chi connectivity index (χ4v) is 1.81. The average Bonchev–Trinajstić information content (AvgIpc) is 2.26. The van der Waals surface area contributed by atoms with Gasteiger partial charge in [0, 0.05) is 18.3 Å². The zero-order chi connectivity index (χ0) is 13.3. The molecule has 0 bridgehead atoms. The predicted octanol–water partition coefficient (Wildman–Crippen LogP) is 3.59. The van der Waals surface area contributed by atoms with E-state index in [1.165, 1.54) is 12.4 Å². The lowest BCUT2D eigenvalue weighted by Crippen LogP contribution is -2.02. The summed E-state index contributed by atoms with van der Waals surface area (Å²) in [6.45, 7) is 0. The maximum absolute atomic E-state index is 13.4. The van der Waals surface area contributed by atoms with Gasteiger partial charge >= 0.3 is 0 Å². The van der Waals surface area contributed by atoms with Crippen molar-refractivity contribution in [3.63, 3.8) is 0 Å². The molecule has 1 heterocycles. The van der Waals surface area contributed by atoms with Crippen molar-refractivity contribution in [3.8, 4) is 0 Å². The Bertz CT molecular complexity index is 561. The number of aromatic nitrogens is 1. The molecule has 0 saturated heterocycles. The van der Waals surface area contributed by atoms with Crippen LogP contribution in [0.4, 0.5) is 30.2 Å². The van der Waals surface area contributed by atoms with Crippen LogP contribution in [-0.4, -0.2) is 4.98 Å². The molecule has 0 saturated carbocycles. The Balaban J connectivity index is 2.47. The summed E-state index contributed by atoms with van der Waals surface area (Å²) in [4.78, 5) is 3.79. The van der Waals surface area contributed by atoms with Crippen LogP contribution in [-0.2, 0) is 0 Å². The van der Waals surface area contributed by atoms with Crippen LogP contribution in [0.25, 0.3) is 0 Å². The first-order valence-corrected chi connectivity index (χ1v) is 5.59. The van der Waals surface area contributed by atoms with E-state index < -0.39 is 23.1 Å². The van der Waals surface area contributed by atoms with Gasteiger partial charge in [0.2, 0.25) is 0 Å². The maximum Gasteiger partial charge on any atom is 0.152 e. The van der Waals surface area contributed by atoms with Crippen LogP contribution in [0.2, 0.25) is 0 Å². The molecule has 7 heteroatoms. The van der Waals surface area contributed by atoms with Gasteiger partial charge in [-0.2, -0.15) is 0 Å². The lowest BCUT2D eigenvalue weighted by atomic mass is 10.2. The van der Waals surface area contributed by atoms with Gasteiger partial charge < -0.3 is 11.1 Å². The number of nitrogens with one attached hydrogen (secondary N) is 1. The van der Waals surface area contributed by atoms with Crippen molar-refractivity contribution in [3.05, 3.63) is 46.5 Å². The van der Waals surface area contributed by atoms with Crippen LogP contribution < -0.4 is 11.1 Å². The van der Waals surface area contributed by atoms with Crippen molar-refractivity contribution in [2.45, 2.75) is 0 Å². The second kappa shape index (κ2) is 4.85. The van der Waals surface area contributed by atoms with Gasteiger partial charge in [0.1, 0.15) is 11.5 Å². The summed E-state index contributed by atoms with van der Waals surface area (Å²) in [5, 5.41) is 2.48. The number of hydrogen-bond acceptors (Lipinski definition) is 3. The number of rotatable bonds is 2. The molecule has 1 aromatic carbocycles. The van der Waals surface area contributed by atoms with Crippen molar-refractivity contribution in [2.75, 3.05) is 11.1 Å². The highest BCUT2D eigenvalue weighted by molar-refractivity contribution is 9.10. The normalized spacial score (nSPS) is 10.4. The summed E-state index contributed by atoms with van der Waals surface area (Å²) < 4.78 is 40.1. The SMILES string of the molecule is Nc1cncc(Br)c1Nc1c(F)cc(F)cc1F. The largest absolute Gasteiger partial charge is 0.396 e. The first kappa shape index (κ1) is 12.7. The Morgan fingerprint density at radius 2 is 1.67 bits per heavy atom. The molecule has 0 unspecified atom stereocenters. The number of nitrogens with zero attached hydrogens (tertiary/aromatic N) is 1. The van der Waals surface area contributed by atoms with Crippen LogP contribution in [0, 0.1) is 17.5 Å². The minimum absolute atomic E-state index is 0.201. The summed E-state index contributed by atoms with van der Waals surface area (Å²) in [6, 6.07) is 1.16. The molecule has 0 radical (unpaired) electrons. The van der Waals surface area contributed by atoms with Crippen molar-refractivity contribution in [1.82, 2.24) is 4.98 Å². The highest BCUT2D eigenvalue weighted by Crippen LogP contribution is 2.32. The third-order valence-corrected chi connectivity index (χ3v) is 2.79. The third kappa shape index (κ3) is 2.40. The molecule has 0 spiro atoms. The second-order valence-corrected chi connectivity index (χ2v) is 4.31. The van der Waals surface area contributed by atoms with Crippen LogP contribution in [0.5, 0.6) is 0 Å². The molecule has 1 aromatic heterocycles. The summed E-state index contributed by atoms with van der Waals surface area (Å²) >= 11 is 3.14. The molecule has 0 atom stereocenters. The van der Waals surface area contributed by atoms with Crippen LogP contribution in [0.1, 0.15) is 0 Å². The molecule has 2 rings (SSSR count). The molecular weight excluding hydrogens is 311 g/mol. The van der Waals surface area contributed by atoms with Crippen molar-refractivity contribution >= 4 is 33.0 Å². The Kier molecular flexibility index (Phi) is 3.42. The van der Waals surface area contributed by atoms with Crippen LogP contribution >= 0.6 is 15.9 Å². The van der Waals surface area contributed by atoms with Gasteiger partial charge in [-0.25, -0.2) is 13.2 Å². The second-order valence-electron chi connectivity index (χ2n) is 3.45. The van der Waals surface area contributed by atoms with E-state index in [0.717, 1.165) is 0 Å². The quantitative estimate of drug-likeness (QED) is 0.890. The Labute approximate surface area is 109 Å². The molecule has 0 aliphatic heterocycles. The minimum atomic E-state index is -1.05. The van der Waals surface area contributed by atoms with Gasteiger partial charge in [0.05, 0.1) is 22.0 Å². The summed E-state index contributed by atoms with van der Waals surface area (Å²) in [5.41, 5.74) is 5.61. The van der Waals surface area contributed by atoms with Crippen molar-refractivity contribution in [2.24, 2.45) is 0 Å². The Morgan fingerprint density at radius 3 is 2.22 bits per heavy atom. The topological polar surface area (TPSA) is 50.9 Å². The fraction of sp³-hybridized carbons (Fsp3) is 0.